The number of benzene rings is 2. The van der Waals surface area contributed by atoms with E-state index < -0.39 is 52.7 Å². The van der Waals surface area contributed by atoms with Gasteiger partial charge in [0.15, 0.2) is 17.9 Å². The average molecular weight is 493 g/mol. The normalized spacial score (nSPS) is 31.6. The molecule has 2 aromatic carbocycles. The van der Waals surface area contributed by atoms with Gasteiger partial charge in [-0.1, -0.05) is 42.5 Å². The molecule has 10 heteroatoms. The predicted molar refractivity (Wildman–Crippen MR) is 120 cm³/mol. The Hall–Kier alpha value is -2.05. The molecule has 0 aromatic heterocycles. The Balaban J connectivity index is 1.24. The largest absolute Gasteiger partial charge is 0.449 e. The van der Waals surface area contributed by atoms with Crippen molar-refractivity contribution in [3.63, 3.8) is 0 Å². The minimum Gasteiger partial charge on any atom is -0.362 e. The Bertz CT molecular complexity index is 1110. The lowest BCUT2D eigenvalue weighted by molar-refractivity contribution is -0.238. The first-order valence-corrected chi connectivity index (χ1v) is 12.4. The summed E-state index contributed by atoms with van der Waals surface area (Å²) < 4.78 is 65.0. The second kappa shape index (κ2) is 8.56. The van der Waals surface area contributed by atoms with Crippen LogP contribution < -0.4 is 4.18 Å². The third kappa shape index (κ3) is 4.99. The molecule has 0 saturated carbocycles. The Morgan fingerprint density at radius 3 is 2.06 bits per heavy atom. The van der Waals surface area contributed by atoms with Crippen LogP contribution in [0, 0.1) is 0 Å². The van der Waals surface area contributed by atoms with Crippen LogP contribution >= 0.6 is 0 Å². The van der Waals surface area contributed by atoms with Crippen LogP contribution in [0.1, 0.15) is 27.7 Å². The maximum atomic E-state index is 12.5. The molecule has 3 aliphatic rings. The highest BCUT2D eigenvalue weighted by atomic mass is 32.3. The molecule has 2 aromatic rings. The average Bonchev–Trinajstić information content (AvgIpc) is 3.27. The van der Waals surface area contributed by atoms with Gasteiger partial charge in [0, 0.05) is 0 Å². The van der Waals surface area contributed by atoms with E-state index in [1.807, 2.05) is 30.3 Å². The van der Waals surface area contributed by atoms with Gasteiger partial charge >= 0.3 is 10.4 Å². The fourth-order valence-electron chi connectivity index (χ4n) is 4.45. The number of fused-ring (bicyclic) bond motifs is 3. The van der Waals surface area contributed by atoms with Gasteiger partial charge in [-0.15, -0.1) is 0 Å². The second-order valence-electron chi connectivity index (χ2n) is 9.37. The maximum absolute atomic E-state index is 12.5. The van der Waals surface area contributed by atoms with Crippen LogP contribution in [0.15, 0.2) is 54.6 Å². The minimum atomic E-state index is -4.36. The van der Waals surface area contributed by atoms with Gasteiger partial charge < -0.3 is 27.9 Å². The summed E-state index contributed by atoms with van der Waals surface area (Å²) in [6, 6.07) is 16.4. The van der Waals surface area contributed by atoms with Crippen LogP contribution in [-0.2, 0) is 38.3 Å². The molecule has 3 heterocycles. The molecule has 34 heavy (non-hydrogen) atoms. The van der Waals surface area contributed by atoms with E-state index >= 15 is 0 Å². The van der Waals surface area contributed by atoms with E-state index in [2.05, 4.69) is 0 Å². The van der Waals surface area contributed by atoms with Crippen molar-refractivity contribution in [2.75, 3.05) is 6.61 Å². The number of hydrogen-bond donors (Lipinski definition) is 0. The van der Waals surface area contributed by atoms with Crippen LogP contribution in [-0.4, -0.2) is 57.3 Å². The topological polar surface area (TPSA) is 98.8 Å². The van der Waals surface area contributed by atoms with Crippen LogP contribution in [0.3, 0.4) is 0 Å². The van der Waals surface area contributed by atoms with Crippen LogP contribution in [0.25, 0.3) is 11.1 Å². The molecule has 0 bridgehead atoms. The molecular formula is C24H28O9S. The Morgan fingerprint density at radius 2 is 1.35 bits per heavy atom. The lowest BCUT2D eigenvalue weighted by Gasteiger charge is -2.36. The first kappa shape index (κ1) is 23.7. The summed E-state index contributed by atoms with van der Waals surface area (Å²) >= 11 is 0. The van der Waals surface area contributed by atoms with Gasteiger partial charge in [0.05, 0.1) is 6.61 Å². The van der Waals surface area contributed by atoms with Gasteiger partial charge in [-0.05, 0) is 51.0 Å². The van der Waals surface area contributed by atoms with Gasteiger partial charge in [-0.25, -0.2) is 4.18 Å². The molecule has 184 valence electrons. The van der Waals surface area contributed by atoms with Gasteiger partial charge in [0.1, 0.15) is 30.2 Å². The fraction of sp³-hybridized carbons (Fsp3) is 0.500. The summed E-state index contributed by atoms with van der Waals surface area (Å²) in [5, 5.41) is 0. The molecule has 3 fully saturated rings. The maximum Gasteiger partial charge on any atom is 0.449 e. The smallest absolute Gasteiger partial charge is 0.362 e. The third-order valence-corrected chi connectivity index (χ3v) is 6.61. The quantitative estimate of drug-likeness (QED) is 0.601. The number of ether oxygens (including phenoxy) is 5. The lowest BCUT2D eigenvalue weighted by atomic mass is 9.99. The molecule has 0 N–H and O–H groups in total. The van der Waals surface area contributed by atoms with Crippen LogP contribution in [0.4, 0.5) is 0 Å². The zero-order chi connectivity index (χ0) is 24.1. The molecule has 2 unspecified atom stereocenters. The zero-order valence-electron chi connectivity index (χ0n) is 19.4. The van der Waals surface area contributed by atoms with Crippen LogP contribution in [0.2, 0.25) is 0 Å². The highest BCUT2D eigenvalue weighted by Gasteiger charge is 2.60. The highest BCUT2D eigenvalue weighted by molar-refractivity contribution is 7.82. The predicted octanol–water partition coefficient (Wildman–Crippen LogP) is 3.39. The summed E-state index contributed by atoms with van der Waals surface area (Å²) in [7, 11) is -4.36. The Kier molecular flexibility index (Phi) is 5.96. The second-order valence-corrected chi connectivity index (χ2v) is 10.6. The Labute approximate surface area is 199 Å². The molecule has 0 radical (unpaired) electrons. The van der Waals surface area contributed by atoms with Crippen molar-refractivity contribution in [3.8, 4) is 16.9 Å². The molecule has 3 aliphatic heterocycles. The molecule has 0 spiro atoms. The summed E-state index contributed by atoms with van der Waals surface area (Å²) in [5.41, 5.74) is 1.95. The van der Waals surface area contributed by atoms with E-state index in [1.165, 1.54) is 0 Å². The number of hydrogen-bond acceptors (Lipinski definition) is 9. The zero-order valence-corrected chi connectivity index (χ0v) is 20.2. The molecule has 9 nitrogen and oxygen atoms in total. The van der Waals surface area contributed by atoms with E-state index in [4.69, 9.17) is 32.1 Å². The minimum absolute atomic E-state index is 0.137. The first-order valence-electron chi connectivity index (χ1n) is 11.1. The summed E-state index contributed by atoms with van der Waals surface area (Å²) in [5.74, 6) is -1.62. The summed E-state index contributed by atoms with van der Waals surface area (Å²) in [6.07, 6.45) is -3.12. The van der Waals surface area contributed by atoms with E-state index in [9.17, 15) is 8.42 Å². The van der Waals surface area contributed by atoms with Crippen molar-refractivity contribution in [1.82, 2.24) is 0 Å². The van der Waals surface area contributed by atoms with E-state index in [0.717, 1.165) is 11.1 Å². The molecule has 0 aliphatic carbocycles. The van der Waals surface area contributed by atoms with Crippen molar-refractivity contribution in [2.24, 2.45) is 0 Å². The van der Waals surface area contributed by atoms with E-state index in [0.29, 0.717) is 0 Å². The number of rotatable bonds is 6. The van der Waals surface area contributed by atoms with Gasteiger partial charge in [-0.2, -0.15) is 8.42 Å². The summed E-state index contributed by atoms with van der Waals surface area (Å²) in [4.78, 5) is 0. The highest BCUT2D eigenvalue weighted by Crippen LogP contribution is 2.44. The van der Waals surface area contributed by atoms with Gasteiger partial charge in [0.25, 0.3) is 0 Å². The molecule has 0 amide bonds. The monoisotopic (exact) mass is 492 g/mol. The molecule has 3 saturated heterocycles. The SMILES string of the molecule is CC1(C)OC2[C@H](OC(COS(=O)(=O)Oc3ccc(-c4ccccc4)cc3)[C@@H]3OC(C)(C)O[C@H]23)O1. The van der Waals surface area contributed by atoms with Crippen molar-refractivity contribution in [1.29, 1.82) is 0 Å². The van der Waals surface area contributed by atoms with E-state index in [1.54, 1.807) is 52.0 Å². The van der Waals surface area contributed by atoms with Crippen molar-refractivity contribution >= 4 is 10.4 Å². The van der Waals surface area contributed by atoms with Crippen LogP contribution in [0.5, 0.6) is 5.75 Å². The molecular weight excluding hydrogens is 464 g/mol. The van der Waals surface area contributed by atoms with Gasteiger partial charge in [-0.3, -0.25) is 0 Å². The van der Waals surface area contributed by atoms with E-state index in [-0.39, 0.29) is 12.4 Å². The van der Waals surface area contributed by atoms with Crippen molar-refractivity contribution in [2.45, 2.75) is 70.0 Å². The summed E-state index contributed by atoms with van der Waals surface area (Å²) in [6.45, 7) is 6.77. The standard InChI is InChI=1S/C24H28O9S/c1-23(2)29-19-18(28-22-21(20(19)30-23)31-24(3,4)32-22)14-27-34(25,26)33-17-12-10-16(11-13-17)15-8-6-5-7-9-15/h5-13,18-22H,14H2,1-4H3/t18?,19-,20-,21?,22+/m0/s1. The lowest BCUT2D eigenvalue weighted by Crippen LogP contribution is -2.56. The van der Waals surface area contributed by atoms with Crippen molar-refractivity contribution < 1.29 is 40.5 Å². The fourth-order valence-corrected chi connectivity index (χ4v) is 5.15. The Morgan fingerprint density at radius 1 is 0.765 bits per heavy atom. The molecule has 5 rings (SSSR count). The van der Waals surface area contributed by atoms with Gasteiger partial charge in [0.2, 0.25) is 0 Å². The molecule has 5 atom stereocenters. The first-order chi connectivity index (χ1) is 16.0. The van der Waals surface area contributed by atoms with Crippen molar-refractivity contribution in [3.05, 3.63) is 54.6 Å². The third-order valence-electron chi connectivity index (χ3n) is 5.79.